The van der Waals surface area contributed by atoms with Gasteiger partial charge in [0.15, 0.2) is 0 Å². The summed E-state index contributed by atoms with van der Waals surface area (Å²) < 4.78 is 31.4. The van der Waals surface area contributed by atoms with Gasteiger partial charge in [-0.3, -0.25) is 4.79 Å². The highest BCUT2D eigenvalue weighted by Gasteiger charge is 2.24. The Morgan fingerprint density at radius 1 is 0.828 bits per heavy atom. The molecule has 146 valence electrons. The van der Waals surface area contributed by atoms with Gasteiger partial charge in [0.2, 0.25) is 6.10 Å². The second kappa shape index (κ2) is 9.41. The molecule has 0 saturated heterocycles. The summed E-state index contributed by atoms with van der Waals surface area (Å²) in [4.78, 5) is 25.0. The van der Waals surface area contributed by atoms with Crippen LogP contribution in [0.1, 0.15) is 17.2 Å². The van der Waals surface area contributed by atoms with Crippen molar-refractivity contribution in [1.29, 1.82) is 0 Å². The second-order valence-corrected chi connectivity index (χ2v) is 6.11. The average Bonchev–Trinajstić information content (AvgIpc) is 2.74. The van der Waals surface area contributed by atoms with E-state index >= 15 is 0 Å². The molecular weight excluding hydrogens is 376 g/mol. The van der Waals surface area contributed by atoms with E-state index in [1.807, 2.05) is 0 Å². The molecule has 3 aromatic carbocycles. The van der Waals surface area contributed by atoms with Gasteiger partial charge in [-0.2, -0.15) is 0 Å². The van der Waals surface area contributed by atoms with Crippen molar-refractivity contribution in [2.45, 2.75) is 6.10 Å². The summed E-state index contributed by atoms with van der Waals surface area (Å²) in [5, 5.41) is 2.60. The van der Waals surface area contributed by atoms with Crippen LogP contribution in [-0.2, 0) is 14.3 Å². The third-order valence-corrected chi connectivity index (χ3v) is 3.97. The number of hydrogen-bond acceptors (Lipinski definition) is 3. The average molecular weight is 393 g/mol. The molecule has 6 heteroatoms. The molecule has 3 rings (SSSR count). The highest BCUT2D eigenvalue weighted by molar-refractivity contribution is 5.97. The van der Waals surface area contributed by atoms with Crippen molar-refractivity contribution in [3.05, 3.63) is 108 Å². The van der Waals surface area contributed by atoms with Crippen LogP contribution in [0.15, 0.2) is 84.9 Å². The predicted molar refractivity (Wildman–Crippen MR) is 106 cm³/mol. The van der Waals surface area contributed by atoms with Crippen LogP contribution < -0.4 is 5.32 Å². The van der Waals surface area contributed by atoms with Gasteiger partial charge in [-0.05, 0) is 48.0 Å². The zero-order chi connectivity index (χ0) is 20.6. The summed E-state index contributed by atoms with van der Waals surface area (Å²) >= 11 is 0. The van der Waals surface area contributed by atoms with Gasteiger partial charge in [-0.25, -0.2) is 13.6 Å². The van der Waals surface area contributed by atoms with E-state index in [0.29, 0.717) is 16.8 Å². The van der Waals surface area contributed by atoms with E-state index in [2.05, 4.69) is 5.32 Å². The first-order chi connectivity index (χ1) is 14.0. The Kier molecular flexibility index (Phi) is 6.47. The molecule has 0 aromatic heterocycles. The van der Waals surface area contributed by atoms with Gasteiger partial charge in [-0.1, -0.05) is 42.5 Å². The zero-order valence-corrected chi connectivity index (χ0v) is 15.2. The molecule has 1 N–H and O–H groups in total. The number of hydrogen-bond donors (Lipinski definition) is 1. The maximum atomic E-state index is 13.1. The van der Waals surface area contributed by atoms with Crippen LogP contribution in [0.4, 0.5) is 14.5 Å². The number of carbonyl (C=O) groups is 2. The number of benzene rings is 3. The molecule has 0 fully saturated rings. The van der Waals surface area contributed by atoms with Gasteiger partial charge >= 0.3 is 5.97 Å². The highest BCUT2D eigenvalue weighted by Crippen LogP contribution is 2.21. The Labute approximate surface area is 166 Å². The quantitative estimate of drug-likeness (QED) is 0.479. The number of halogens is 2. The summed E-state index contributed by atoms with van der Waals surface area (Å²) in [7, 11) is 0. The molecule has 0 unspecified atom stereocenters. The molecule has 0 radical (unpaired) electrons. The standard InChI is InChI=1S/C23H17F2NO3/c24-18-9-6-16(7-10-18)8-15-21(27)29-22(17-4-2-1-3-5-17)23(28)26-20-13-11-19(25)12-14-20/h1-15,22H,(H,26,28)/b15-8+/t22-/m0/s1. The number of esters is 1. The summed E-state index contributed by atoms with van der Waals surface area (Å²) in [5.41, 5.74) is 1.46. The van der Waals surface area contributed by atoms with Gasteiger partial charge in [0.05, 0.1) is 0 Å². The van der Waals surface area contributed by atoms with Crippen molar-refractivity contribution < 1.29 is 23.1 Å². The van der Waals surface area contributed by atoms with E-state index in [9.17, 15) is 18.4 Å². The Hall–Kier alpha value is -3.80. The largest absolute Gasteiger partial charge is 0.444 e. The molecule has 1 atom stereocenters. The van der Waals surface area contributed by atoms with Crippen LogP contribution in [0, 0.1) is 11.6 Å². The molecule has 3 aromatic rings. The first-order valence-electron chi connectivity index (χ1n) is 8.77. The lowest BCUT2D eigenvalue weighted by molar-refractivity contribution is -0.149. The summed E-state index contributed by atoms with van der Waals surface area (Å²) in [5.74, 6) is -2.13. The molecule has 0 spiro atoms. The Balaban J connectivity index is 1.74. The third kappa shape index (κ3) is 5.84. The highest BCUT2D eigenvalue weighted by atomic mass is 19.1. The van der Waals surface area contributed by atoms with E-state index in [0.717, 1.165) is 6.08 Å². The Morgan fingerprint density at radius 2 is 1.41 bits per heavy atom. The fourth-order valence-electron chi connectivity index (χ4n) is 2.54. The van der Waals surface area contributed by atoms with Gasteiger partial charge in [0.25, 0.3) is 5.91 Å². The van der Waals surface area contributed by atoms with E-state index in [4.69, 9.17) is 4.74 Å². The lowest BCUT2D eigenvalue weighted by atomic mass is 10.1. The molecule has 0 aliphatic carbocycles. The Bertz CT molecular complexity index is 1000. The first-order valence-corrected chi connectivity index (χ1v) is 8.77. The number of ether oxygens (including phenoxy) is 1. The topological polar surface area (TPSA) is 55.4 Å². The van der Waals surface area contributed by atoms with Crippen LogP contribution in [0.2, 0.25) is 0 Å². The summed E-state index contributed by atoms with van der Waals surface area (Å²) in [6.07, 6.45) is 1.42. The number of amides is 1. The van der Waals surface area contributed by atoms with Crippen LogP contribution in [-0.4, -0.2) is 11.9 Å². The predicted octanol–water partition coefficient (Wildman–Crippen LogP) is 4.90. The normalized spacial score (nSPS) is 11.8. The number of nitrogens with one attached hydrogen (secondary N) is 1. The van der Waals surface area contributed by atoms with Crippen molar-refractivity contribution in [1.82, 2.24) is 0 Å². The maximum Gasteiger partial charge on any atom is 0.331 e. The maximum absolute atomic E-state index is 13.1. The molecule has 0 heterocycles. The number of rotatable bonds is 6. The lowest BCUT2D eigenvalue weighted by Crippen LogP contribution is -2.25. The van der Waals surface area contributed by atoms with E-state index in [1.54, 1.807) is 30.3 Å². The number of carbonyl (C=O) groups excluding carboxylic acids is 2. The summed E-state index contributed by atoms with van der Waals surface area (Å²) in [6, 6.07) is 19.3. The van der Waals surface area contributed by atoms with Gasteiger partial charge in [0, 0.05) is 17.3 Å². The first kappa shape index (κ1) is 19.9. The van der Waals surface area contributed by atoms with Crippen molar-refractivity contribution in [2.75, 3.05) is 5.32 Å². The SMILES string of the molecule is O=C(/C=C/c1ccc(F)cc1)O[C@H](C(=O)Nc1ccc(F)cc1)c1ccccc1. The molecular formula is C23H17F2NO3. The summed E-state index contributed by atoms with van der Waals surface area (Å²) in [6.45, 7) is 0. The van der Waals surface area contributed by atoms with Crippen molar-refractivity contribution in [3.8, 4) is 0 Å². The van der Waals surface area contributed by atoms with Crippen LogP contribution >= 0.6 is 0 Å². The lowest BCUT2D eigenvalue weighted by Gasteiger charge is -2.17. The van der Waals surface area contributed by atoms with Crippen LogP contribution in [0.5, 0.6) is 0 Å². The molecule has 0 bridgehead atoms. The van der Waals surface area contributed by atoms with Crippen molar-refractivity contribution in [2.24, 2.45) is 0 Å². The van der Waals surface area contributed by atoms with E-state index < -0.39 is 23.8 Å². The number of anilines is 1. The molecule has 0 aliphatic heterocycles. The minimum atomic E-state index is -1.20. The fraction of sp³-hybridized carbons (Fsp3) is 0.0435. The van der Waals surface area contributed by atoms with Gasteiger partial charge in [-0.15, -0.1) is 0 Å². The molecule has 0 saturated carbocycles. The van der Waals surface area contributed by atoms with Crippen LogP contribution in [0.3, 0.4) is 0 Å². The second-order valence-electron chi connectivity index (χ2n) is 6.11. The van der Waals surface area contributed by atoms with Crippen molar-refractivity contribution in [3.63, 3.8) is 0 Å². The van der Waals surface area contributed by atoms with E-state index in [1.165, 1.54) is 54.6 Å². The molecule has 1 amide bonds. The van der Waals surface area contributed by atoms with Crippen molar-refractivity contribution >= 4 is 23.6 Å². The third-order valence-electron chi connectivity index (χ3n) is 3.97. The fourth-order valence-corrected chi connectivity index (χ4v) is 2.54. The smallest absolute Gasteiger partial charge is 0.331 e. The molecule has 4 nitrogen and oxygen atoms in total. The minimum Gasteiger partial charge on any atom is -0.444 e. The Morgan fingerprint density at radius 3 is 2.03 bits per heavy atom. The monoisotopic (exact) mass is 393 g/mol. The zero-order valence-electron chi connectivity index (χ0n) is 15.2. The molecule has 0 aliphatic rings. The van der Waals surface area contributed by atoms with E-state index in [-0.39, 0.29) is 5.82 Å². The van der Waals surface area contributed by atoms with Gasteiger partial charge in [0.1, 0.15) is 11.6 Å². The minimum absolute atomic E-state index is 0.371. The molecule has 29 heavy (non-hydrogen) atoms. The van der Waals surface area contributed by atoms with Crippen LogP contribution in [0.25, 0.3) is 6.08 Å². The van der Waals surface area contributed by atoms with Gasteiger partial charge < -0.3 is 10.1 Å².